The van der Waals surface area contributed by atoms with Gasteiger partial charge in [-0.1, -0.05) is 32.0 Å². The fraction of sp³-hybridized carbons (Fsp3) is 0.273. The molecule has 0 saturated carbocycles. The molecule has 1 heterocycles. The molecule has 0 atom stereocenters. The highest BCUT2D eigenvalue weighted by molar-refractivity contribution is 6.36. The number of carbonyl (C=O) groups excluding carboxylic acids is 2. The van der Waals surface area contributed by atoms with Crippen LogP contribution < -0.4 is 10.1 Å². The topological polar surface area (TPSA) is 58.6 Å². The number of halogens is 1. The highest BCUT2D eigenvalue weighted by atomic mass is 19.1. The van der Waals surface area contributed by atoms with Crippen molar-refractivity contribution in [1.82, 2.24) is 4.90 Å². The highest BCUT2D eigenvalue weighted by Gasteiger charge is 2.39. The van der Waals surface area contributed by atoms with Crippen molar-refractivity contribution >= 4 is 23.1 Å². The molecule has 0 radical (unpaired) electrons. The molecule has 28 heavy (non-hydrogen) atoms. The van der Waals surface area contributed by atoms with Crippen LogP contribution in [0.1, 0.15) is 25.0 Å². The maximum absolute atomic E-state index is 13.4. The van der Waals surface area contributed by atoms with E-state index in [1.807, 2.05) is 32.9 Å². The Morgan fingerprint density at radius 2 is 1.75 bits per heavy atom. The third-order valence-electron chi connectivity index (χ3n) is 4.46. The molecule has 1 aliphatic heterocycles. The maximum atomic E-state index is 13.4. The molecular formula is C22H23FN2O3. The zero-order valence-electron chi connectivity index (χ0n) is 16.4. The average Bonchev–Trinajstić information content (AvgIpc) is 2.87. The number of rotatable bonds is 6. The second kappa shape index (κ2) is 7.84. The summed E-state index contributed by atoms with van der Waals surface area (Å²) >= 11 is 0. The van der Waals surface area contributed by atoms with Crippen molar-refractivity contribution < 1.29 is 18.7 Å². The fourth-order valence-electron chi connectivity index (χ4n) is 3.16. The predicted molar refractivity (Wildman–Crippen MR) is 106 cm³/mol. The zero-order chi connectivity index (χ0) is 20.4. The van der Waals surface area contributed by atoms with Crippen LogP contribution in [0.15, 0.2) is 48.2 Å². The number of benzene rings is 2. The van der Waals surface area contributed by atoms with Crippen molar-refractivity contribution in [3.05, 3.63) is 65.1 Å². The van der Waals surface area contributed by atoms with Crippen LogP contribution in [0.3, 0.4) is 0 Å². The van der Waals surface area contributed by atoms with Crippen molar-refractivity contribution in [3.63, 3.8) is 0 Å². The van der Waals surface area contributed by atoms with Gasteiger partial charge in [0.15, 0.2) is 0 Å². The Morgan fingerprint density at radius 3 is 2.36 bits per heavy atom. The van der Waals surface area contributed by atoms with Crippen LogP contribution in [-0.2, 0) is 9.59 Å². The summed E-state index contributed by atoms with van der Waals surface area (Å²) in [6.45, 7) is 6.10. The number of imide groups is 1. The monoisotopic (exact) mass is 382 g/mol. The van der Waals surface area contributed by atoms with Crippen LogP contribution in [-0.4, -0.2) is 30.4 Å². The van der Waals surface area contributed by atoms with E-state index in [0.717, 1.165) is 5.56 Å². The summed E-state index contributed by atoms with van der Waals surface area (Å²) < 4.78 is 18.7. The van der Waals surface area contributed by atoms with Crippen LogP contribution in [0.2, 0.25) is 0 Å². The molecule has 5 nitrogen and oxygen atoms in total. The summed E-state index contributed by atoms with van der Waals surface area (Å²) in [5.41, 5.74) is 2.45. The zero-order valence-corrected chi connectivity index (χ0v) is 16.4. The molecule has 1 aliphatic rings. The molecule has 2 amide bonds. The van der Waals surface area contributed by atoms with Gasteiger partial charge in [-0.25, -0.2) is 4.39 Å². The third kappa shape index (κ3) is 3.76. The number of methoxy groups -OCH3 is 1. The highest BCUT2D eigenvalue weighted by Crippen LogP contribution is 2.34. The van der Waals surface area contributed by atoms with Crippen LogP contribution in [0.4, 0.5) is 10.1 Å². The van der Waals surface area contributed by atoms with E-state index in [4.69, 9.17) is 4.74 Å². The van der Waals surface area contributed by atoms with Crippen LogP contribution in [0.5, 0.6) is 5.75 Å². The van der Waals surface area contributed by atoms with Crippen LogP contribution in [0, 0.1) is 18.7 Å². The van der Waals surface area contributed by atoms with E-state index in [1.54, 1.807) is 6.07 Å². The maximum Gasteiger partial charge on any atom is 0.278 e. The van der Waals surface area contributed by atoms with E-state index >= 15 is 0 Å². The van der Waals surface area contributed by atoms with E-state index in [9.17, 15) is 14.0 Å². The Hall–Kier alpha value is -3.15. The third-order valence-corrected chi connectivity index (χ3v) is 4.46. The number of aryl methyl sites for hydroxylation is 1. The van der Waals surface area contributed by atoms with Gasteiger partial charge >= 0.3 is 0 Å². The second-order valence-electron chi connectivity index (χ2n) is 7.20. The number of anilines is 1. The minimum atomic E-state index is -0.407. The lowest BCUT2D eigenvalue weighted by atomic mass is 10.0. The molecule has 2 aromatic rings. The summed E-state index contributed by atoms with van der Waals surface area (Å²) in [7, 11) is 1.54. The van der Waals surface area contributed by atoms with E-state index in [1.165, 1.54) is 36.3 Å². The Kier molecular flexibility index (Phi) is 5.49. The number of carbonyl (C=O) groups is 2. The van der Waals surface area contributed by atoms with Crippen LogP contribution in [0.25, 0.3) is 5.57 Å². The Balaban J connectivity index is 2.11. The van der Waals surface area contributed by atoms with E-state index in [-0.39, 0.29) is 23.1 Å². The SMILES string of the molecule is COc1ccc(C)cc1NC1=C(c2ccc(F)cc2)C(=O)N(CC(C)C)C1=O. The van der Waals surface area contributed by atoms with Gasteiger partial charge in [-0.2, -0.15) is 0 Å². The van der Waals surface area contributed by atoms with E-state index in [0.29, 0.717) is 23.5 Å². The van der Waals surface area contributed by atoms with Crippen molar-refractivity contribution in [2.75, 3.05) is 19.0 Å². The van der Waals surface area contributed by atoms with Gasteiger partial charge in [-0.3, -0.25) is 14.5 Å². The lowest BCUT2D eigenvalue weighted by Gasteiger charge is -2.18. The van der Waals surface area contributed by atoms with E-state index < -0.39 is 11.7 Å². The quantitative estimate of drug-likeness (QED) is 0.768. The molecule has 0 fully saturated rings. The van der Waals surface area contributed by atoms with Gasteiger partial charge in [0.25, 0.3) is 11.8 Å². The summed E-state index contributed by atoms with van der Waals surface area (Å²) in [5, 5.41) is 3.10. The molecule has 146 valence electrons. The molecule has 0 spiro atoms. The second-order valence-corrected chi connectivity index (χ2v) is 7.20. The Morgan fingerprint density at radius 1 is 1.07 bits per heavy atom. The van der Waals surface area contributed by atoms with Gasteiger partial charge in [0.05, 0.1) is 18.4 Å². The number of hydrogen-bond acceptors (Lipinski definition) is 4. The first-order chi connectivity index (χ1) is 13.3. The minimum Gasteiger partial charge on any atom is -0.495 e. The van der Waals surface area contributed by atoms with Gasteiger partial charge in [0, 0.05) is 6.54 Å². The number of ether oxygens (including phenoxy) is 1. The molecule has 0 aliphatic carbocycles. The number of nitrogens with one attached hydrogen (secondary N) is 1. The number of hydrogen-bond donors (Lipinski definition) is 1. The summed E-state index contributed by atoms with van der Waals surface area (Å²) in [4.78, 5) is 27.3. The van der Waals surface area contributed by atoms with Gasteiger partial charge in [-0.15, -0.1) is 0 Å². The summed E-state index contributed by atoms with van der Waals surface area (Å²) in [5.74, 6) is -0.523. The summed E-state index contributed by atoms with van der Waals surface area (Å²) in [6.07, 6.45) is 0. The van der Waals surface area contributed by atoms with Gasteiger partial charge < -0.3 is 10.1 Å². The van der Waals surface area contributed by atoms with Gasteiger partial charge in [0.1, 0.15) is 17.3 Å². The standard InChI is InChI=1S/C22H23FN2O3/c1-13(2)12-25-21(26)19(15-6-8-16(23)9-7-15)20(22(25)27)24-17-11-14(3)5-10-18(17)28-4/h5-11,13,24H,12H2,1-4H3. The molecule has 0 aromatic heterocycles. The first-order valence-corrected chi connectivity index (χ1v) is 9.10. The molecule has 0 unspecified atom stereocenters. The van der Waals surface area contributed by atoms with Gasteiger partial charge in [0.2, 0.25) is 0 Å². The molecule has 2 aromatic carbocycles. The first-order valence-electron chi connectivity index (χ1n) is 9.10. The summed E-state index contributed by atoms with van der Waals surface area (Å²) in [6, 6.07) is 11.1. The minimum absolute atomic E-state index is 0.121. The Bertz CT molecular complexity index is 949. The predicted octanol–water partition coefficient (Wildman–Crippen LogP) is 3.99. The van der Waals surface area contributed by atoms with Crippen molar-refractivity contribution in [2.45, 2.75) is 20.8 Å². The molecule has 0 saturated heterocycles. The molecule has 3 rings (SSSR count). The first kappa shape index (κ1) is 19.6. The van der Waals surface area contributed by atoms with Crippen molar-refractivity contribution in [1.29, 1.82) is 0 Å². The molecule has 1 N–H and O–H groups in total. The van der Waals surface area contributed by atoms with Gasteiger partial charge in [-0.05, 0) is 48.2 Å². The largest absolute Gasteiger partial charge is 0.495 e. The number of amides is 2. The van der Waals surface area contributed by atoms with Crippen molar-refractivity contribution in [2.24, 2.45) is 5.92 Å². The molecular weight excluding hydrogens is 359 g/mol. The average molecular weight is 382 g/mol. The molecule has 0 bridgehead atoms. The normalized spacial score (nSPS) is 14.3. The lowest BCUT2D eigenvalue weighted by molar-refractivity contribution is -0.137. The Labute approximate surface area is 163 Å². The molecule has 6 heteroatoms. The van der Waals surface area contributed by atoms with Crippen LogP contribution >= 0.6 is 0 Å². The van der Waals surface area contributed by atoms with E-state index in [2.05, 4.69) is 5.32 Å². The fourth-order valence-corrected chi connectivity index (χ4v) is 3.16. The van der Waals surface area contributed by atoms with Crippen molar-refractivity contribution in [3.8, 4) is 5.75 Å². The lowest BCUT2D eigenvalue weighted by Crippen LogP contribution is -2.35. The smallest absolute Gasteiger partial charge is 0.278 e. The number of nitrogens with zero attached hydrogens (tertiary/aromatic N) is 1.